The lowest BCUT2D eigenvalue weighted by Crippen LogP contribution is -2.01. The van der Waals surface area contributed by atoms with Crippen LogP contribution in [0.5, 0.6) is 0 Å². The molecule has 0 unspecified atom stereocenters. The number of aromatic nitrogens is 3. The van der Waals surface area contributed by atoms with E-state index < -0.39 is 0 Å². The molecular weight excluding hydrogens is 583 g/mol. The second-order valence-electron chi connectivity index (χ2n) is 11.6. The first kappa shape index (κ1) is 25.4. The Labute approximate surface area is 267 Å². The SMILES string of the molecule is c1ccc2c(c1)ccc1cccc(-c3nc(-c4cccc5c4oc4ccccc45)nc(-c4cccc5c4sc4ccccc45)n3)c12. The highest BCUT2D eigenvalue weighted by Gasteiger charge is 2.20. The average Bonchev–Trinajstić information content (AvgIpc) is 3.70. The van der Waals surface area contributed by atoms with Gasteiger partial charge in [0, 0.05) is 47.5 Å². The largest absolute Gasteiger partial charge is 0.455 e. The van der Waals surface area contributed by atoms with Crippen LogP contribution in [0.1, 0.15) is 0 Å². The van der Waals surface area contributed by atoms with Crippen molar-refractivity contribution in [2.45, 2.75) is 0 Å². The number of thiophene rings is 1. The van der Waals surface area contributed by atoms with E-state index in [1.54, 1.807) is 11.3 Å². The van der Waals surface area contributed by atoms with E-state index in [1.807, 2.05) is 24.3 Å². The van der Waals surface area contributed by atoms with Crippen molar-refractivity contribution >= 4 is 75.0 Å². The van der Waals surface area contributed by atoms with Gasteiger partial charge in [0.05, 0.1) is 5.56 Å². The van der Waals surface area contributed by atoms with Crippen LogP contribution in [0.25, 0.3) is 97.8 Å². The lowest BCUT2D eigenvalue weighted by atomic mass is 9.97. The summed E-state index contributed by atoms with van der Waals surface area (Å²) in [7, 11) is 0. The van der Waals surface area contributed by atoms with E-state index in [0.717, 1.165) is 54.1 Å². The van der Waals surface area contributed by atoms with Crippen LogP contribution in [0.4, 0.5) is 0 Å². The fourth-order valence-electron chi connectivity index (χ4n) is 6.83. The molecule has 0 aliphatic heterocycles. The third kappa shape index (κ3) is 3.76. The van der Waals surface area contributed by atoms with Crippen molar-refractivity contribution in [2.75, 3.05) is 0 Å². The highest BCUT2D eigenvalue weighted by atomic mass is 32.1. The number of nitrogens with zero attached hydrogens (tertiary/aromatic N) is 3. The molecule has 10 aromatic rings. The summed E-state index contributed by atoms with van der Waals surface area (Å²) in [5.74, 6) is 1.86. The van der Waals surface area contributed by atoms with E-state index in [1.165, 1.54) is 26.2 Å². The fourth-order valence-corrected chi connectivity index (χ4v) is 8.04. The highest BCUT2D eigenvalue weighted by Crippen LogP contribution is 2.41. The minimum atomic E-state index is 0.583. The van der Waals surface area contributed by atoms with Gasteiger partial charge >= 0.3 is 0 Å². The van der Waals surface area contributed by atoms with Crippen molar-refractivity contribution < 1.29 is 4.42 Å². The molecule has 3 aromatic heterocycles. The molecule has 0 N–H and O–H groups in total. The van der Waals surface area contributed by atoms with Crippen molar-refractivity contribution in [2.24, 2.45) is 0 Å². The minimum Gasteiger partial charge on any atom is -0.455 e. The van der Waals surface area contributed by atoms with Crippen LogP contribution in [-0.4, -0.2) is 15.0 Å². The van der Waals surface area contributed by atoms with Crippen LogP contribution >= 0.6 is 11.3 Å². The van der Waals surface area contributed by atoms with E-state index in [4.69, 9.17) is 19.4 Å². The zero-order chi connectivity index (χ0) is 30.2. The van der Waals surface area contributed by atoms with Crippen LogP contribution in [0, 0.1) is 0 Å². The third-order valence-corrected chi connectivity index (χ3v) is 10.2. The molecule has 3 heterocycles. The summed E-state index contributed by atoms with van der Waals surface area (Å²) in [6.07, 6.45) is 0. The Balaban J connectivity index is 1.31. The molecule has 0 aliphatic rings. The van der Waals surface area contributed by atoms with Crippen molar-refractivity contribution in [1.82, 2.24) is 15.0 Å². The molecule has 0 amide bonds. The van der Waals surface area contributed by atoms with E-state index in [2.05, 4.69) is 115 Å². The lowest BCUT2D eigenvalue weighted by Gasteiger charge is -2.12. The van der Waals surface area contributed by atoms with Crippen LogP contribution in [0.3, 0.4) is 0 Å². The molecular formula is C41H23N3OS. The summed E-state index contributed by atoms with van der Waals surface area (Å²) in [4.78, 5) is 15.7. The molecule has 0 bridgehead atoms. The first-order valence-electron chi connectivity index (χ1n) is 15.3. The summed E-state index contributed by atoms with van der Waals surface area (Å²) >= 11 is 1.78. The predicted octanol–water partition coefficient (Wildman–Crippen LogP) is 11.4. The van der Waals surface area contributed by atoms with Gasteiger partial charge in [-0.3, -0.25) is 0 Å². The second kappa shape index (κ2) is 9.80. The normalized spacial score (nSPS) is 11.9. The first-order chi connectivity index (χ1) is 22.8. The number of furan rings is 1. The zero-order valence-electron chi connectivity index (χ0n) is 24.4. The van der Waals surface area contributed by atoms with Gasteiger partial charge in [0.2, 0.25) is 0 Å². The maximum absolute atomic E-state index is 6.47. The Bertz CT molecular complexity index is 2700. The lowest BCUT2D eigenvalue weighted by molar-refractivity contribution is 0.669. The number of fused-ring (bicyclic) bond motifs is 9. The van der Waals surface area contributed by atoms with E-state index in [-0.39, 0.29) is 0 Å². The van der Waals surface area contributed by atoms with E-state index >= 15 is 0 Å². The van der Waals surface area contributed by atoms with Gasteiger partial charge in [0.15, 0.2) is 17.5 Å². The van der Waals surface area contributed by atoms with Gasteiger partial charge in [-0.2, -0.15) is 0 Å². The first-order valence-corrected chi connectivity index (χ1v) is 16.1. The van der Waals surface area contributed by atoms with Gasteiger partial charge in [-0.1, -0.05) is 115 Å². The van der Waals surface area contributed by atoms with Crippen LogP contribution in [-0.2, 0) is 0 Å². The molecule has 7 aromatic carbocycles. The molecule has 0 spiro atoms. The minimum absolute atomic E-state index is 0.583. The topological polar surface area (TPSA) is 51.8 Å². The standard InChI is InChI=1S/C41H23N3OS/c1-2-12-26-24(10-1)22-23-25-11-7-17-31(36(25)26)39-42-40(32-18-8-15-29-27-13-3-5-20-34(27)45-37(29)32)44-41(43-39)33-19-9-16-30-28-14-4-6-21-35(28)46-38(30)33/h1-23H. The second-order valence-corrected chi connectivity index (χ2v) is 12.6. The molecule has 0 radical (unpaired) electrons. The number of rotatable bonds is 3. The smallest absolute Gasteiger partial charge is 0.167 e. The van der Waals surface area contributed by atoms with Gasteiger partial charge in [0.25, 0.3) is 0 Å². The summed E-state index contributed by atoms with van der Waals surface area (Å²) in [6.45, 7) is 0. The number of para-hydroxylation sites is 2. The molecule has 0 aliphatic carbocycles. The molecule has 214 valence electrons. The summed E-state index contributed by atoms with van der Waals surface area (Å²) < 4.78 is 8.88. The van der Waals surface area contributed by atoms with Gasteiger partial charge in [0.1, 0.15) is 11.2 Å². The molecule has 4 nitrogen and oxygen atoms in total. The summed E-state index contributed by atoms with van der Waals surface area (Å²) in [5, 5.41) is 9.19. The summed E-state index contributed by atoms with van der Waals surface area (Å²) in [6, 6.07) is 48.5. The number of hydrogen-bond donors (Lipinski definition) is 0. The van der Waals surface area contributed by atoms with Crippen LogP contribution < -0.4 is 0 Å². The monoisotopic (exact) mass is 605 g/mol. The van der Waals surface area contributed by atoms with Crippen molar-refractivity contribution in [1.29, 1.82) is 0 Å². The Hall–Kier alpha value is -5.91. The molecule has 0 fully saturated rings. The third-order valence-electron chi connectivity index (χ3n) is 8.94. The van der Waals surface area contributed by atoms with Gasteiger partial charge in [-0.15, -0.1) is 11.3 Å². The van der Waals surface area contributed by atoms with Gasteiger partial charge < -0.3 is 4.42 Å². The van der Waals surface area contributed by atoms with Gasteiger partial charge in [-0.05, 0) is 40.4 Å². The number of hydrogen-bond acceptors (Lipinski definition) is 5. The number of benzene rings is 7. The predicted molar refractivity (Wildman–Crippen MR) is 191 cm³/mol. The molecule has 0 atom stereocenters. The van der Waals surface area contributed by atoms with Crippen molar-refractivity contribution in [3.63, 3.8) is 0 Å². The Morgan fingerprint density at radius 2 is 1.00 bits per heavy atom. The van der Waals surface area contributed by atoms with Crippen molar-refractivity contribution in [3.05, 3.63) is 140 Å². The fraction of sp³-hybridized carbons (Fsp3) is 0. The van der Waals surface area contributed by atoms with E-state index in [9.17, 15) is 0 Å². The van der Waals surface area contributed by atoms with Crippen LogP contribution in [0.2, 0.25) is 0 Å². The maximum atomic E-state index is 6.47. The van der Waals surface area contributed by atoms with E-state index in [0.29, 0.717) is 17.5 Å². The molecule has 0 saturated heterocycles. The highest BCUT2D eigenvalue weighted by molar-refractivity contribution is 7.26. The Morgan fingerprint density at radius 3 is 1.89 bits per heavy atom. The average molecular weight is 606 g/mol. The summed E-state index contributed by atoms with van der Waals surface area (Å²) in [5.41, 5.74) is 4.42. The van der Waals surface area contributed by atoms with Gasteiger partial charge in [-0.25, -0.2) is 15.0 Å². The maximum Gasteiger partial charge on any atom is 0.167 e. The molecule has 10 rings (SSSR count). The Kier molecular flexibility index (Phi) is 5.41. The molecule has 0 saturated carbocycles. The van der Waals surface area contributed by atoms with Crippen molar-refractivity contribution in [3.8, 4) is 34.2 Å². The quantitative estimate of drug-likeness (QED) is 0.188. The Morgan fingerprint density at radius 1 is 0.413 bits per heavy atom. The molecule has 5 heteroatoms. The molecule has 46 heavy (non-hydrogen) atoms. The zero-order valence-corrected chi connectivity index (χ0v) is 25.3. The van der Waals surface area contributed by atoms with Crippen LogP contribution in [0.15, 0.2) is 144 Å².